The summed E-state index contributed by atoms with van der Waals surface area (Å²) in [6.07, 6.45) is 1.27. The van der Waals surface area contributed by atoms with Crippen LogP contribution < -0.4 is 4.90 Å². The second-order valence-electron chi connectivity index (χ2n) is 4.43. The van der Waals surface area contributed by atoms with E-state index in [0.717, 1.165) is 9.35 Å². The number of hydrogen-bond donors (Lipinski definition) is 0. The molecule has 0 spiro atoms. The minimum atomic E-state index is -0.661. The Bertz CT molecular complexity index is 719. The zero-order valence-electron chi connectivity index (χ0n) is 11.8. The highest BCUT2D eigenvalue weighted by molar-refractivity contribution is 9.11. The molecule has 0 N–H and O–H groups in total. The summed E-state index contributed by atoms with van der Waals surface area (Å²) in [5.41, 5.74) is 0.817. The molecule has 116 valence electrons. The maximum Gasteiger partial charge on any atom is 0.339 e. The molecule has 0 unspecified atom stereocenters. The van der Waals surface area contributed by atoms with Crippen LogP contribution in [0.1, 0.15) is 15.9 Å². The third-order valence-electron chi connectivity index (χ3n) is 2.87. The Hall–Kier alpha value is -2.00. The van der Waals surface area contributed by atoms with Crippen LogP contribution in [0.25, 0.3) is 0 Å². The fourth-order valence-corrected chi connectivity index (χ4v) is 3.08. The Morgan fingerprint density at radius 3 is 2.82 bits per heavy atom. The molecular weight excluding hydrogens is 374 g/mol. The van der Waals surface area contributed by atoms with E-state index in [9.17, 15) is 14.9 Å². The zero-order chi connectivity index (χ0) is 16.3. The van der Waals surface area contributed by atoms with E-state index in [-0.39, 0.29) is 17.1 Å². The molecule has 2 rings (SSSR count). The molecule has 2 heterocycles. The van der Waals surface area contributed by atoms with Crippen LogP contribution in [0, 0.1) is 10.1 Å². The first kappa shape index (κ1) is 16.4. The van der Waals surface area contributed by atoms with E-state index in [1.54, 1.807) is 11.9 Å². The van der Waals surface area contributed by atoms with E-state index in [4.69, 9.17) is 0 Å². The Morgan fingerprint density at radius 1 is 1.55 bits per heavy atom. The highest BCUT2D eigenvalue weighted by atomic mass is 79.9. The molecule has 0 atom stereocenters. The maximum atomic E-state index is 11.5. The second-order valence-corrected chi connectivity index (χ2v) is 6.72. The lowest BCUT2D eigenvalue weighted by Gasteiger charge is -2.17. The number of hydrogen-bond acceptors (Lipinski definition) is 7. The van der Waals surface area contributed by atoms with Gasteiger partial charge in [-0.25, -0.2) is 9.78 Å². The van der Waals surface area contributed by atoms with Crippen molar-refractivity contribution in [1.82, 2.24) is 4.98 Å². The number of aromatic nitrogens is 1. The van der Waals surface area contributed by atoms with Gasteiger partial charge in [0.15, 0.2) is 0 Å². The van der Waals surface area contributed by atoms with Gasteiger partial charge < -0.3 is 9.64 Å². The van der Waals surface area contributed by atoms with Crippen LogP contribution in [-0.4, -0.2) is 30.0 Å². The lowest BCUT2D eigenvalue weighted by molar-refractivity contribution is -0.384. The van der Waals surface area contributed by atoms with Gasteiger partial charge >= 0.3 is 11.7 Å². The van der Waals surface area contributed by atoms with Crippen molar-refractivity contribution in [2.45, 2.75) is 6.54 Å². The third-order valence-corrected chi connectivity index (χ3v) is 4.42. The van der Waals surface area contributed by atoms with E-state index in [1.165, 1.54) is 30.7 Å². The number of carbonyl (C=O) groups is 1. The fraction of sp³-hybridized carbons (Fsp3) is 0.231. The number of methoxy groups -OCH3 is 1. The number of nitrogens with zero attached hydrogens (tertiary/aromatic N) is 3. The summed E-state index contributed by atoms with van der Waals surface area (Å²) in [7, 11) is 2.92. The molecule has 22 heavy (non-hydrogen) atoms. The van der Waals surface area contributed by atoms with Crippen molar-refractivity contribution in [2.75, 3.05) is 19.1 Å². The summed E-state index contributed by atoms with van der Waals surface area (Å²) in [6, 6.07) is 3.12. The van der Waals surface area contributed by atoms with E-state index in [0.29, 0.717) is 6.54 Å². The molecule has 0 bridgehead atoms. The van der Waals surface area contributed by atoms with Gasteiger partial charge in [-0.15, -0.1) is 11.3 Å². The van der Waals surface area contributed by atoms with Crippen molar-refractivity contribution < 1.29 is 14.5 Å². The molecule has 0 aliphatic carbocycles. The summed E-state index contributed by atoms with van der Waals surface area (Å²) in [4.78, 5) is 27.8. The van der Waals surface area contributed by atoms with Gasteiger partial charge in [-0.2, -0.15) is 0 Å². The van der Waals surface area contributed by atoms with Crippen LogP contribution in [0.2, 0.25) is 0 Å². The monoisotopic (exact) mass is 385 g/mol. The Morgan fingerprint density at radius 2 is 2.27 bits per heavy atom. The van der Waals surface area contributed by atoms with Crippen LogP contribution in [0.3, 0.4) is 0 Å². The minimum Gasteiger partial charge on any atom is -0.465 e. The predicted molar refractivity (Wildman–Crippen MR) is 86.4 cm³/mol. The van der Waals surface area contributed by atoms with Crippen molar-refractivity contribution in [1.29, 1.82) is 0 Å². The fourth-order valence-electron chi connectivity index (χ4n) is 1.88. The lowest BCUT2D eigenvalue weighted by Crippen LogP contribution is -2.19. The molecule has 0 aliphatic rings. The van der Waals surface area contributed by atoms with Gasteiger partial charge in [0.2, 0.25) is 5.82 Å². The van der Waals surface area contributed by atoms with Gasteiger partial charge in [0.1, 0.15) is 0 Å². The van der Waals surface area contributed by atoms with Crippen molar-refractivity contribution in [3.63, 3.8) is 0 Å². The summed E-state index contributed by atoms with van der Waals surface area (Å²) >= 11 is 4.91. The van der Waals surface area contributed by atoms with Gasteiger partial charge in [-0.3, -0.25) is 10.1 Å². The number of pyridine rings is 1. The van der Waals surface area contributed by atoms with Crippen molar-refractivity contribution >= 4 is 44.7 Å². The summed E-state index contributed by atoms with van der Waals surface area (Å²) in [6.45, 7) is 0.466. The quantitative estimate of drug-likeness (QED) is 0.446. The van der Waals surface area contributed by atoms with Gasteiger partial charge in [-0.05, 0) is 32.9 Å². The molecule has 0 fully saturated rings. The first-order valence-corrected chi connectivity index (χ1v) is 7.76. The van der Waals surface area contributed by atoms with Gasteiger partial charge in [0, 0.05) is 25.9 Å². The standard InChI is InChI=1S/C13H12BrN3O4S/c1-16(6-8-3-11(14)22-7-8)12-10(17(19)20)4-9(5-15-12)13(18)21-2/h3-5,7H,6H2,1-2H3. The van der Waals surface area contributed by atoms with Gasteiger partial charge in [-0.1, -0.05) is 0 Å². The third kappa shape index (κ3) is 3.60. The van der Waals surface area contributed by atoms with Crippen LogP contribution in [0.15, 0.2) is 27.5 Å². The first-order chi connectivity index (χ1) is 10.4. The van der Waals surface area contributed by atoms with Crippen LogP contribution >= 0.6 is 27.3 Å². The molecular formula is C13H12BrN3O4S. The summed E-state index contributed by atoms with van der Waals surface area (Å²) in [5, 5.41) is 13.2. The molecule has 0 saturated carbocycles. The molecule has 0 saturated heterocycles. The molecule has 2 aromatic rings. The number of halogens is 1. The zero-order valence-corrected chi connectivity index (χ0v) is 14.2. The van der Waals surface area contributed by atoms with Crippen LogP contribution in [-0.2, 0) is 11.3 Å². The summed E-state index contributed by atoms with van der Waals surface area (Å²) in [5.74, 6) is -0.466. The molecule has 9 heteroatoms. The Labute approximate surface area is 138 Å². The normalized spacial score (nSPS) is 10.3. The van der Waals surface area contributed by atoms with Crippen LogP contribution in [0.4, 0.5) is 11.5 Å². The number of rotatable bonds is 5. The Kier molecular flexibility index (Phi) is 5.09. The second kappa shape index (κ2) is 6.84. The van der Waals surface area contributed by atoms with Gasteiger partial charge in [0.25, 0.3) is 0 Å². The molecule has 7 nitrogen and oxygen atoms in total. The van der Waals surface area contributed by atoms with Crippen molar-refractivity contribution in [3.8, 4) is 0 Å². The van der Waals surface area contributed by atoms with E-state index in [2.05, 4.69) is 25.7 Å². The molecule has 0 aromatic carbocycles. The minimum absolute atomic E-state index is 0.0460. The van der Waals surface area contributed by atoms with E-state index < -0.39 is 10.9 Å². The first-order valence-electron chi connectivity index (χ1n) is 6.09. The molecule has 0 aliphatic heterocycles. The number of nitro groups is 1. The van der Waals surface area contributed by atoms with Crippen LogP contribution in [0.5, 0.6) is 0 Å². The lowest BCUT2D eigenvalue weighted by atomic mass is 10.2. The number of ether oxygens (including phenoxy) is 1. The maximum absolute atomic E-state index is 11.5. The topological polar surface area (TPSA) is 85.6 Å². The van der Waals surface area contributed by atoms with E-state index >= 15 is 0 Å². The average molecular weight is 386 g/mol. The highest BCUT2D eigenvalue weighted by Crippen LogP contribution is 2.28. The molecule has 2 aromatic heterocycles. The van der Waals surface area contributed by atoms with Crippen molar-refractivity contribution in [3.05, 3.63) is 48.7 Å². The number of thiophene rings is 1. The molecule has 0 amide bonds. The number of carbonyl (C=O) groups excluding carboxylic acids is 1. The largest absolute Gasteiger partial charge is 0.465 e. The predicted octanol–water partition coefficient (Wildman–Crippen LogP) is 3.24. The average Bonchev–Trinajstić information content (AvgIpc) is 2.90. The van der Waals surface area contributed by atoms with Crippen molar-refractivity contribution in [2.24, 2.45) is 0 Å². The Balaban J connectivity index is 2.32. The highest BCUT2D eigenvalue weighted by Gasteiger charge is 2.22. The molecule has 0 radical (unpaired) electrons. The number of anilines is 1. The SMILES string of the molecule is COC(=O)c1cnc(N(C)Cc2csc(Br)c2)c([N+](=O)[O-])c1. The summed E-state index contributed by atoms with van der Waals surface area (Å²) < 4.78 is 5.54. The van der Waals surface area contributed by atoms with Gasteiger partial charge in [0.05, 0.1) is 21.4 Å². The van der Waals surface area contributed by atoms with E-state index in [1.807, 2.05) is 11.4 Å². The number of esters is 1. The smallest absolute Gasteiger partial charge is 0.339 e.